The number of anilines is 3. The number of fused-ring (bicyclic) bond motifs is 6. The van der Waals surface area contributed by atoms with E-state index in [1.165, 1.54) is 72.0 Å². The molecule has 0 atom stereocenters. The van der Waals surface area contributed by atoms with Crippen LogP contribution in [0.15, 0.2) is 255 Å². The molecule has 12 rings (SSSR count). The zero-order valence-corrected chi connectivity index (χ0v) is 34.6. The first kappa shape index (κ1) is 36.6. The van der Waals surface area contributed by atoms with Gasteiger partial charge in [-0.15, -0.1) is 0 Å². The quantitative estimate of drug-likeness (QED) is 0.149. The fourth-order valence-corrected chi connectivity index (χ4v) is 10.4. The normalized spacial score (nSPS) is 12.6. The van der Waals surface area contributed by atoms with Crippen LogP contribution in [0.4, 0.5) is 17.1 Å². The first-order chi connectivity index (χ1) is 31.3. The summed E-state index contributed by atoms with van der Waals surface area (Å²) in [6.45, 7) is 0. The highest BCUT2D eigenvalue weighted by molar-refractivity contribution is 6.11. The van der Waals surface area contributed by atoms with E-state index < -0.39 is 5.41 Å². The molecule has 1 aliphatic rings. The number of benzene rings is 10. The lowest BCUT2D eigenvalue weighted by molar-refractivity contribution is 0.762. The smallest absolute Gasteiger partial charge is 0.0734 e. The molecule has 1 heterocycles. The second kappa shape index (κ2) is 15.1. The van der Waals surface area contributed by atoms with Crippen molar-refractivity contribution < 1.29 is 0 Å². The van der Waals surface area contributed by atoms with Gasteiger partial charge in [0.15, 0.2) is 0 Å². The molecule has 1 aliphatic carbocycles. The van der Waals surface area contributed by atoms with Gasteiger partial charge in [-0.05, 0) is 105 Å². The fraction of sp³-hybridized carbons (Fsp3) is 0.0164. The van der Waals surface area contributed by atoms with Crippen molar-refractivity contribution in [1.29, 1.82) is 0 Å². The van der Waals surface area contributed by atoms with E-state index in [0.717, 1.165) is 28.2 Å². The monoisotopic (exact) mass is 802 g/mol. The Bertz CT molecular complexity index is 3380. The molecule has 0 fully saturated rings. The summed E-state index contributed by atoms with van der Waals surface area (Å²) in [6.07, 6.45) is 0. The Kier molecular flexibility index (Phi) is 8.76. The Morgan fingerprint density at radius 3 is 1.57 bits per heavy atom. The summed E-state index contributed by atoms with van der Waals surface area (Å²) in [5.74, 6) is 0. The van der Waals surface area contributed by atoms with Gasteiger partial charge >= 0.3 is 0 Å². The molecule has 2 heteroatoms. The van der Waals surface area contributed by atoms with Gasteiger partial charge in [-0.3, -0.25) is 0 Å². The van der Waals surface area contributed by atoms with Gasteiger partial charge in [0.1, 0.15) is 0 Å². The minimum absolute atomic E-state index is 0.547. The summed E-state index contributed by atoms with van der Waals surface area (Å²) in [7, 11) is 0. The molecule has 0 bridgehead atoms. The fourth-order valence-electron chi connectivity index (χ4n) is 10.4. The second-order valence-corrected chi connectivity index (χ2v) is 16.4. The van der Waals surface area contributed by atoms with Crippen LogP contribution >= 0.6 is 0 Å². The van der Waals surface area contributed by atoms with Crippen molar-refractivity contribution in [3.63, 3.8) is 0 Å². The van der Waals surface area contributed by atoms with E-state index in [1.54, 1.807) is 0 Å². The van der Waals surface area contributed by atoms with Crippen LogP contribution in [0, 0.1) is 0 Å². The van der Waals surface area contributed by atoms with Gasteiger partial charge in [-0.2, -0.15) is 0 Å². The van der Waals surface area contributed by atoms with Crippen molar-refractivity contribution in [3.05, 3.63) is 277 Å². The summed E-state index contributed by atoms with van der Waals surface area (Å²) in [6, 6.07) is 93.2. The van der Waals surface area contributed by atoms with E-state index in [-0.39, 0.29) is 0 Å². The van der Waals surface area contributed by atoms with Crippen molar-refractivity contribution in [2.75, 3.05) is 4.90 Å². The predicted octanol–water partition coefficient (Wildman–Crippen LogP) is 16.0. The van der Waals surface area contributed by atoms with Crippen LogP contribution in [0.2, 0.25) is 0 Å². The largest absolute Gasteiger partial charge is 0.310 e. The molecule has 0 amide bonds. The van der Waals surface area contributed by atoms with Crippen LogP contribution in [0.1, 0.15) is 22.3 Å². The number of rotatable bonds is 8. The molecule has 1 aromatic heterocycles. The van der Waals surface area contributed by atoms with E-state index in [1.807, 2.05) is 0 Å². The zero-order valence-electron chi connectivity index (χ0n) is 34.6. The van der Waals surface area contributed by atoms with Gasteiger partial charge in [-0.25, -0.2) is 0 Å². The molecular weight excluding hydrogens is 761 g/mol. The van der Waals surface area contributed by atoms with Crippen molar-refractivity contribution in [1.82, 2.24) is 4.57 Å². The van der Waals surface area contributed by atoms with Gasteiger partial charge in [0.05, 0.1) is 22.1 Å². The third-order valence-corrected chi connectivity index (χ3v) is 13.1. The first-order valence-electron chi connectivity index (χ1n) is 21.8. The topological polar surface area (TPSA) is 8.17 Å². The molecular formula is C61H42N2. The van der Waals surface area contributed by atoms with Crippen molar-refractivity contribution in [3.8, 4) is 39.1 Å². The number of para-hydroxylation sites is 2. The highest BCUT2D eigenvalue weighted by Crippen LogP contribution is 2.58. The van der Waals surface area contributed by atoms with E-state index >= 15 is 0 Å². The molecule has 0 spiro atoms. The lowest BCUT2D eigenvalue weighted by Crippen LogP contribution is -2.29. The van der Waals surface area contributed by atoms with Gasteiger partial charge in [0, 0.05) is 33.4 Å². The second-order valence-electron chi connectivity index (χ2n) is 16.4. The Morgan fingerprint density at radius 2 is 0.825 bits per heavy atom. The average molecular weight is 803 g/mol. The van der Waals surface area contributed by atoms with Crippen molar-refractivity contribution >= 4 is 38.9 Å². The highest BCUT2D eigenvalue weighted by Gasteiger charge is 2.48. The van der Waals surface area contributed by atoms with Gasteiger partial charge < -0.3 is 9.47 Å². The molecule has 2 nitrogen and oxygen atoms in total. The Labute approximate surface area is 368 Å². The number of aromatic nitrogens is 1. The summed E-state index contributed by atoms with van der Waals surface area (Å²) in [5.41, 5.74) is 18.7. The highest BCUT2D eigenvalue weighted by atomic mass is 15.1. The number of hydrogen-bond donors (Lipinski definition) is 0. The molecule has 0 radical (unpaired) electrons. The lowest BCUT2D eigenvalue weighted by Gasteiger charge is -2.35. The summed E-state index contributed by atoms with van der Waals surface area (Å²) in [4.78, 5) is 2.35. The maximum absolute atomic E-state index is 2.54. The van der Waals surface area contributed by atoms with E-state index in [9.17, 15) is 0 Å². The minimum atomic E-state index is -0.547. The molecule has 10 aromatic carbocycles. The van der Waals surface area contributed by atoms with E-state index in [4.69, 9.17) is 0 Å². The Morgan fingerprint density at radius 1 is 0.317 bits per heavy atom. The van der Waals surface area contributed by atoms with Crippen LogP contribution in [-0.4, -0.2) is 4.57 Å². The Hall–Kier alpha value is -8.20. The first-order valence-corrected chi connectivity index (χ1v) is 21.8. The third kappa shape index (κ3) is 5.87. The van der Waals surface area contributed by atoms with Crippen LogP contribution in [0.25, 0.3) is 60.9 Å². The summed E-state index contributed by atoms with van der Waals surface area (Å²) < 4.78 is 2.54. The van der Waals surface area contributed by atoms with Crippen LogP contribution in [0.5, 0.6) is 0 Å². The van der Waals surface area contributed by atoms with Crippen LogP contribution in [0.3, 0.4) is 0 Å². The van der Waals surface area contributed by atoms with E-state index in [0.29, 0.717) is 0 Å². The molecule has 0 saturated carbocycles. The molecule has 0 aliphatic heterocycles. The number of nitrogens with zero attached hydrogens (tertiary/aromatic N) is 2. The summed E-state index contributed by atoms with van der Waals surface area (Å²) in [5, 5.41) is 2.47. The van der Waals surface area contributed by atoms with E-state index in [2.05, 4.69) is 264 Å². The van der Waals surface area contributed by atoms with Crippen LogP contribution < -0.4 is 4.90 Å². The zero-order chi connectivity index (χ0) is 41.7. The van der Waals surface area contributed by atoms with Crippen molar-refractivity contribution in [2.24, 2.45) is 0 Å². The predicted molar refractivity (Wildman–Crippen MR) is 264 cm³/mol. The molecule has 63 heavy (non-hydrogen) atoms. The third-order valence-electron chi connectivity index (χ3n) is 13.1. The van der Waals surface area contributed by atoms with Crippen LogP contribution in [-0.2, 0) is 5.41 Å². The number of hydrogen-bond acceptors (Lipinski definition) is 1. The van der Waals surface area contributed by atoms with Gasteiger partial charge in [0.2, 0.25) is 0 Å². The molecule has 0 unspecified atom stereocenters. The minimum Gasteiger partial charge on any atom is -0.310 e. The molecule has 0 saturated heterocycles. The molecule has 0 N–H and O–H groups in total. The van der Waals surface area contributed by atoms with Crippen molar-refractivity contribution in [2.45, 2.75) is 5.41 Å². The molecule has 296 valence electrons. The van der Waals surface area contributed by atoms with Gasteiger partial charge in [0.25, 0.3) is 0 Å². The SMILES string of the molecule is c1ccc(-c2ccc(N(c3ccccc3)c3cccc(-c4ccc5c6ccccc6n(-c6cccc7c6C(c6ccccc6)(c6ccccc6)c6ccccc6-7)c5c4)c3)cc2)cc1. The standard InChI is InChI=1S/C61H42N2/c1-5-19-43(20-6-1)44-35-38-50(39-36-44)62(49-26-11-4-12-27-49)51-28-17-21-45(41-51)46-37-40-54-53-30-14-16-33-57(53)63(59(54)42-46)58-34-18-31-55-52-29-13-15-32-56(52)61(60(55)58,47-22-7-2-8-23-47)48-24-9-3-10-25-48/h1-42H. The molecule has 11 aromatic rings. The maximum Gasteiger partial charge on any atom is 0.0734 e. The maximum atomic E-state index is 2.54. The Balaban J connectivity index is 1.06. The average Bonchev–Trinajstić information content (AvgIpc) is 3.86. The summed E-state index contributed by atoms with van der Waals surface area (Å²) >= 11 is 0. The lowest BCUT2D eigenvalue weighted by atomic mass is 9.67. The van der Waals surface area contributed by atoms with Gasteiger partial charge in [-0.1, -0.05) is 200 Å².